The monoisotopic (exact) mass is 971 g/mol. The highest BCUT2D eigenvalue weighted by molar-refractivity contribution is 5.97. The lowest BCUT2D eigenvalue weighted by Gasteiger charge is -2.37. The maximum atomic E-state index is 14.8. The van der Waals surface area contributed by atoms with Gasteiger partial charge in [-0.15, -0.1) is 0 Å². The van der Waals surface area contributed by atoms with Gasteiger partial charge < -0.3 is 34.3 Å². The maximum absolute atomic E-state index is 14.8. The zero-order chi connectivity index (χ0) is 50.9. The molecule has 4 aliphatic rings. The molecule has 4 atom stereocenters. The lowest BCUT2D eigenvalue weighted by Crippen LogP contribution is -2.62. The molecule has 16 nitrogen and oxygen atoms in total. The molecule has 2 aromatic heterocycles. The van der Waals surface area contributed by atoms with E-state index in [1.54, 1.807) is 37.4 Å². The first-order valence-electron chi connectivity index (χ1n) is 25.1. The number of hydrogen-bond donors (Lipinski definition) is 3. The van der Waals surface area contributed by atoms with Crippen molar-refractivity contribution in [3.8, 4) is 40.0 Å². The van der Waals surface area contributed by atoms with E-state index >= 15 is 0 Å². The number of esters is 1. The summed E-state index contributed by atoms with van der Waals surface area (Å²) in [6, 6.07) is 12.5. The summed E-state index contributed by atoms with van der Waals surface area (Å²) in [5.41, 5.74) is 9.27. The molecule has 71 heavy (non-hydrogen) atoms. The molecule has 8 rings (SSSR count). The number of aromatic hydroxyl groups is 1. The van der Waals surface area contributed by atoms with Gasteiger partial charge >= 0.3 is 5.97 Å². The van der Waals surface area contributed by atoms with Gasteiger partial charge in [-0.25, -0.2) is 5.43 Å². The van der Waals surface area contributed by atoms with Gasteiger partial charge in [0, 0.05) is 74.8 Å². The number of amides is 4. The van der Waals surface area contributed by atoms with Crippen LogP contribution in [0.4, 0.5) is 0 Å². The van der Waals surface area contributed by atoms with E-state index in [1.807, 2.05) is 51.0 Å². The van der Waals surface area contributed by atoms with Crippen LogP contribution in [0, 0.1) is 29.1 Å². The molecular formula is C55H70N8O8. The number of carbonyl (C=O) groups excluding carboxylic acids is 5. The number of aromatic nitrogens is 2. The number of fused-ring (bicyclic) bond motifs is 6. The van der Waals surface area contributed by atoms with Gasteiger partial charge in [-0.05, 0) is 130 Å². The van der Waals surface area contributed by atoms with Crippen molar-refractivity contribution in [1.29, 1.82) is 0 Å². The topological polar surface area (TPSA) is 179 Å². The van der Waals surface area contributed by atoms with Crippen molar-refractivity contribution in [2.24, 2.45) is 17.3 Å². The van der Waals surface area contributed by atoms with Gasteiger partial charge in [0.25, 0.3) is 11.8 Å². The number of benzene rings is 2. The Kier molecular flexibility index (Phi) is 15.0. The van der Waals surface area contributed by atoms with E-state index < -0.39 is 47.2 Å². The molecule has 4 amide bonds. The smallest absolute Gasteiger partial charge is 0.324 e. The van der Waals surface area contributed by atoms with E-state index in [0.29, 0.717) is 56.5 Å². The fourth-order valence-corrected chi connectivity index (χ4v) is 10.7. The van der Waals surface area contributed by atoms with E-state index in [4.69, 9.17) is 14.5 Å². The molecular weight excluding hydrogens is 901 g/mol. The number of rotatable bonds is 10. The summed E-state index contributed by atoms with van der Waals surface area (Å²) >= 11 is 0. The minimum Gasteiger partial charge on any atom is -0.508 e. The van der Waals surface area contributed by atoms with Gasteiger partial charge in [0.05, 0.1) is 36.1 Å². The Bertz CT molecular complexity index is 2770. The Morgan fingerprint density at radius 1 is 1.04 bits per heavy atom. The van der Waals surface area contributed by atoms with Gasteiger partial charge in [-0.2, -0.15) is 0 Å². The molecule has 3 aliphatic heterocycles. The molecule has 16 heteroatoms. The minimum atomic E-state index is -1.17. The van der Waals surface area contributed by atoms with Crippen LogP contribution >= 0.6 is 0 Å². The van der Waals surface area contributed by atoms with Gasteiger partial charge in [0.1, 0.15) is 23.9 Å². The van der Waals surface area contributed by atoms with Crippen LogP contribution < -0.4 is 10.7 Å². The number of methoxy groups -OCH3 is 1. The van der Waals surface area contributed by atoms with Crippen molar-refractivity contribution in [3.63, 3.8) is 0 Å². The lowest BCUT2D eigenvalue weighted by molar-refractivity contribution is -0.155. The van der Waals surface area contributed by atoms with Gasteiger partial charge in [-0.1, -0.05) is 45.7 Å². The summed E-state index contributed by atoms with van der Waals surface area (Å²) in [6.07, 6.45) is 5.49. The Balaban J connectivity index is 1.13. The number of ether oxygens (including phenoxy) is 2. The molecule has 1 unspecified atom stereocenters. The molecule has 3 fully saturated rings. The first-order valence-corrected chi connectivity index (χ1v) is 25.1. The van der Waals surface area contributed by atoms with E-state index in [0.717, 1.165) is 51.8 Å². The van der Waals surface area contributed by atoms with Crippen molar-refractivity contribution in [1.82, 2.24) is 40.0 Å². The number of nitrogens with one attached hydrogen (secondary N) is 2. The van der Waals surface area contributed by atoms with Crippen LogP contribution in [0.1, 0.15) is 83.5 Å². The van der Waals surface area contributed by atoms with E-state index in [2.05, 4.69) is 66.1 Å². The maximum Gasteiger partial charge on any atom is 0.324 e. The summed E-state index contributed by atoms with van der Waals surface area (Å²) in [5, 5.41) is 16.8. The van der Waals surface area contributed by atoms with Crippen molar-refractivity contribution < 1.29 is 38.6 Å². The molecule has 2 saturated heterocycles. The van der Waals surface area contributed by atoms with Crippen molar-refractivity contribution >= 4 is 40.5 Å². The van der Waals surface area contributed by atoms with E-state index in [9.17, 15) is 29.1 Å². The second-order valence-electron chi connectivity index (χ2n) is 21.2. The predicted octanol–water partition coefficient (Wildman–Crippen LogP) is 5.32. The number of hydrazine groups is 1. The normalized spacial score (nSPS) is 21.3. The number of nitrogens with zero attached hydrogens (tertiary/aromatic N) is 6. The van der Waals surface area contributed by atoms with Crippen LogP contribution in [-0.2, 0) is 59.4 Å². The molecule has 3 N–H and O–H groups in total. The fraction of sp³-hybridized carbons (Fsp3) is 0.527. The van der Waals surface area contributed by atoms with E-state index in [-0.39, 0.29) is 55.1 Å². The molecule has 2 aromatic carbocycles. The Hall–Kier alpha value is -6.28. The zero-order valence-electron chi connectivity index (χ0n) is 42.8. The summed E-state index contributed by atoms with van der Waals surface area (Å²) < 4.78 is 14.0. The van der Waals surface area contributed by atoms with Crippen LogP contribution in [-0.4, -0.2) is 142 Å². The third-order valence-corrected chi connectivity index (χ3v) is 14.7. The van der Waals surface area contributed by atoms with Crippen LogP contribution in [0.15, 0.2) is 54.7 Å². The number of cyclic esters (lactones) is 1. The van der Waals surface area contributed by atoms with Gasteiger partial charge in [-0.3, -0.25) is 38.9 Å². The Morgan fingerprint density at radius 2 is 1.82 bits per heavy atom. The third-order valence-electron chi connectivity index (χ3n) is 14.7. The SMILES string of the molecule is CCn1c(-c2cccnc2COC)c2c3cc(ccc31)-c1cc(O)cc(c1)C[C@H](NC(=O)C(C(C)C)N(C)C(=O)[C@H]1CCN(C(=O)C#CC3(N(C)C)CC3)C1)C(=O)N1CCC[C@H](N1)C(=O)OCC(C)(C)C2. The molecule has 1 aliphatic carbocycles. The molecule has 5 heterocycles. The molecule has 0 radical (unpaired) electrons. The second kappa shape index (κ2) is 20.8. The van der Waals surface area contributed by atoms with E-state index in [1.165, 1.54) is 9.91 Å². The predicted molar refractivity (Wildman–Crippen MR) is 270 cm³/mol. The number of phenols is 1. The number of likely N-dealkylation sites (tertiary alicyclic amines) is 1. The first kappa shape index (κ1) is 51.1. The zero-order valence-corrected chi connectivity index (χ0v) is 42.8. The van der Waals surface area contributed by atoms with Crippen LogP contribution in [0.25, 0.3) is 33.3 Å². The number of aryl methyl sites for hydroxylation is 1. The average molecular weight is 971 g/mol. The van der Waals surface area contributed by atoms with Crippen molar-refractivity contribution in [2.45, 2.75) is 116 Å². The van der Waals surface area contributed by atoms with Crippen molar-refractivity contribution in [2.75, 3.05) is 54.5 Å². The number of likely N-dealkylation sites (N-methyl/N-ethyl adjacent to an activating group) is 1. The molecule has 378 valence electrons. The second-order valence-corrected chi connectivity index (χ2v) is 21.2. The fourth-order valence-electron chi connectivity index (χ4n) is 10.7. The summed E-state index contributed by atoms with van der Waals surface area (Å²) in [5.74, 6) is 2.98. The number of hydrogen-bond acceptors (Lipinski definition) is 11. The van der Waals surface area contributed by atoms with Crippen LogP contribution in [0.2, 0.25) is 0 Å². The quantitative estimate of drug-likeness (QED) is 0.139. The first-order chi connectivity index (χ1) is 33.8. The number of pyridine rings is 1. The minimum absolute atomic E-state index is 0.0126. The number of carbonyl (C=O) groups is 5. The molecule has 6 bridgehead atoms. The number of phenolic OH excluding ortho intramolecular Hbond substituents is 1. The molecule has 0 spiro atoms. The summed E-state index contributed by atoms with van der Waals surface area (Å²) in [4.78, 5) is 80.6. The Morgan fingerprint density at radius 3 is 2.52 bits per heavy atom. The summed E-state index contributed by atoms with van der Waals surface area (Å²) in [6.45, 7) is 11.9. The highest BCUT2D eigenvalue weighted by atomic mass is 16.5. The van der Waals surface area contributed by atoms with Crippen molar-refractivity contribution in [3.05, 3.63) is 71.5 Å². The Labute approximate surface area is 417 Å². The van der Waals surface area contributed by atoms with Gasteiger partial charge in [0.15, 0.2) is 0 Å². The molecule has 1 saturated carbocycles. The highest BCUT2D eigenvalue weighted by Crippen LogP contribution is 2.42. The highest BCUT2D eigenvalue weighted by Gasteiger charge is 2.44. The standard InChI is InChI=1S/C55H70N8O8/c1-10-62-46-16-15-36-29-41(46)42(49(62)40-13-11-22-56-45(40)32-70-9)30-54(4,5)33-71-53(69)43-14-12-23-63(58-43)52(68)44(27-35-25-38(36)28-39(64)26-35)57-50(66)48(34(2)3)60(8)51(67)37-18-24-61(31-37)47(65)17-19-55(20-21-55)59(6)7/h11,13,15-16,22,25-26,28-29,34,37,43-44,48,58,64H,10,12,14,18,20-21,23-24,27,30-33H2,1-9H3,(H,57,66)/t37-,43-,44-,48?/m0/s1. The third kappa shape index (κ3) is 10.8. The van der Waals surface area contributed by atoms with Crippen LogP contribution in [0.5, 0.6) is 5.75 Å². The van der Waals surface area contributed by atoms with Crippen LogP contribution in [0.3, 0.4) is 0 Å². The summed E-state index contributed by atoms with van der Waals surface area (Å²) in [7, 11) is 7.16. The average Bonchev–Trinajstić information content (AvgIpc) is 3.88. The lowest BCUT2D eigenvalue weighted by atomic mass is 9.84. The molecule has 4 aromatic rings. The van der Waals surface area contributed by atoms with Gasteiger partial charge in [0.2, 0.25) is 11.8 Å². The largest absolute Gasteiger partial charge is 0.508 e.